The Labute approximate surface area is 160 Å². The molecular weight excluding hydrogens is 344 g/mol. The number of methoxy groups -OCH3 is 1. The van der Waals surface area contributed by atoms with Crippen molar-refractivity contribution in [3.63, 3.8) is 0 Å². The lowest BCUT2D eigenvalue weighted by atomic mass is 10.0. The minimum Gasteiger partial charge on any atom is -0.453 e. The summed E-state index contributed by atoms with van der Waals surface area (Å²) in [5, 5.41) is 12.2. The van der Waals surface area contributed by atoms with Gasteiger partial charge in [-0.15, -0.1) is 0 Å². The van der Waals surface area contributed by atoms with Crippen molar-refractivity contribution in [1.29, 1.82) is 5.26 Å². The van der Waals surface area contributed by atoms with E-state index in [1.807, 2.05) is 42.2 Å². The minimum atomic E-state index is -0.403. The Hall–Kier alpha value is -3.01. The van der Waals surface area contributed by atoms with Gasteiger partial charge < -0.3 is 19.9 Å². The monoisotopic (exact) mass is 370 g/mol. The standard InChI is InChI=1S/C20H26N4O3/c1-4-16-5-7-17(8-6-16)15(2)22-19(25)18(13-21)14-23-9-11-24(12-10-23)20(26)27-3/h5-8,14-15H,4,9-12H2,1-3H3,(H,22,25)/b18-14-. The van der Waals surface area contributed by atoms with Crippen molar-refractivity contribution in [2.24, 2.45) is 0 Å². The molecule has 0 aromatic heterocycles. The molecule has 1 N–H and O–H groups in total. The van der Waals surface area contributed by atoms with Gasteiger partial charge in [-0.05, 0) is 24.5 Å². The molecule has 144 valence electrons. The number of hydrogen-bond donors (Lipinski definition) is 1. The Morgan fingerprint density at radius 3 is 2.41 bits per heavy atom. The lowest BCUT2D eigenvalue weighted by molar-refractivity contribution is -0.117. The van der Waals surface area contributed by atoms with Gasteiger partial charge in [0.15, 0.2) is 0 Å². The van der Waals surface area contributed by atoms with Gasteiger partial charge in [0, 0.05) is 32.4 Å². The predicted molar refractivity (Wildman–Crippen MR) is 102 cm³/mol. The van der Waals surface area contributed by atoms with Crippen molar-refractivity contribution in [1.82, 2.24) is 15.1 Å². The molecule has 1 saturated heterocycles. The van der Waals surface area contributed by atoms with E-state index in [9.17, 15) is 14.9 Å². The highest BCUT2D eigenvalue weighted by atomic mass is 16.5. The van der Waals surface area contributed by atoms with E-state index in [2.05, 4.69) is 12.2 Å². The number of aryl methyl sites for hydroxylation is 1. The summed E-state index contributed by atoms with van der Waals surface area (Å²) in [5.41, 5.74) is 2.28. The van der Waals surface area contributed by atoms with Crippen molar-refractivity contribution < 1.29 is 14.3 Å². The number of carbonyl (C=O) groups excluding carboxylic acids is 2. The Bertz CT molecular complexity index is 729. The van der Waals surface area contributed by atoms with E-state index in [-0.39, 0.29) is 17.7 Å². The largest absolute Gasteiger partial charge is 0.453 e. The molecule has 0 saturated carbocycles. The molecule has 0 spiro atoms. The molecule has 7 heteroatoms. The first kappa shape index (κ1) is 20.3. The number of nitriles is 1. The van der Waals surface area contributed by atoms with Crippen LogP contribution in [0.5, 0.6) is 0 Å². The van der Waals surface area contributed by atoms with Crippen LogP contribution in [0.25, 0.3) is 0 Å². The first-order valence-electron chi connectivity index (χ1n) is 9.07. The van der Waals surface area contributed by atoms with Crippen molar-refractivity contribution in [2.75, 3.05) is 33.3 Å². The summed E-state index contributed by atoms with van der Waals surface area (Å²) in [6.07, 6.45) is 2.17. The van der Waals surface area contributed by atoms with Gasteiger partial charge in [0.1, 0.15) is 11.6 Å². The van der Waals surface area contributed by atoms with Gasteiger partial charge in [0.2, 0.25) is 0 Å². The Kier molecular flexibility index (Phi) is 7.24. The number of benzene rings is 1. The first-order valence-corrected chi connectivity index (χ1v) is 9.07. The topological polar surface area (TPSA) is 85.7 Å². The molecule has 1 aromatic carbocycles. The van der Waals surface area contributed by atoms with Crippen molar-refractivity contribution in [3.05, 3.63) is 47.2 Å². The number of carbonyl (C=O) groups is 2. The van der Waals surface area contributed by atoms with E-state index in [0.717, 1.165) is 12.0 Å². The van der Waals surface area contributed by atoms with E-state index < -0.39 is 5.91 Å². The number of hydrogen-bond acceptors (Lipinski definition) is 5. The van der Waals surface area contributed by atoms with Crippen molar-refractivity contribution in [3.8, 4) is 6.07 Å². The van der Waals surface area contributed by atoms with Crippen LogP contribution in [-0.2, 0) is 16.0 Å². The van der Waals surface area contributed by atoms with Gasteiger partial charge in [-0.25, -0.2) is 4.79 Å². The number of nitrogens with one attached hydrogen (secondary N) is 1. The Balaban J connectivity index is 1.95. The number of rotatable bonds is 5. The number of piperazine rings is 1. The maximum atomic E-state index is 12.5. The molecule has 0 radical (unpaired) electrons. The summed E-state index contributed by atoms with van der Waals surface area (Å²) < 4.78 is 4.70. The molecule has 0 bridgehead atoms. The summed E-state index contributed by atoms with van der Waals surface area (Å²) in [4.78, 5) is 27.4. The summed E-state index contributed by atoms with van der Waals surface area (Å²) in [5.74, 6) is -0.403. The molecule has 1 heterocycles. The van der Waals surface area contributed by atoms with E-state index in [0.29, 0.717) is 26.2 Å². The first-order chi connectivity index (χ1) is 13.0. The van der Waals surface area contributed by atoms with Crippen LogP contribution in [-0.4, -0.2) is 55.1 Å². The highest BCUT2D eigenvalue weighted by molar-refractivity contribution is 5.97. The van der Waals surface area contributed by atoms with E-state index in [1.54, 1.807) is 11.1 Å². The summed E-state index contributed by atoms with van der Waals surface area (Å²) in [6.45, 7) is 6.05. The fourth-order valence-electron chi connectivity index (χ4n) is 2.88. The Morgan fingerprint density at radius 2 is 1.89 bits per heavy atom. The Morgan fingerprint density at radius 1 is 1.26 bits per heavy atom. The maximum absolute atomic E-state index is 12.5. The zero-order valence-corrected chi connectivity index (χ0v) is 16.1. The molecule has 1 fully saturated rings. The lowest BCUT2D eigenvalue weighted by Gasteiger charge is -2.33. The second kappa shape index (κ2) is 9.62. The smallest absolute Gasteiger partial charge is 0.409 e. The average molecular weight is 370 g/mol. The van der Waals surface area contributed by atoms with E-state index in [1.165, 1.54) is 12.7 Å². The van der Waals surface area contributed by atoms with Crippen LogP contribution < -0.4 is 5.32 Å². The molecular formula is C20H26N4O3. The van der Waals surface area contributed by atoms with Crippen LogP contribution >= 0.6 is 0 Å². The number of amides is 2. The van der Waals surface area contributed by atoms with Crippen molar-refractivity contribution in [2.45, 2.75) is 26.3 Å². The van der Waals surface area contributed by atoms with Crippen LogP contribution in [0.3, 0.4) is 0 Å². The van der Waals surface area contributed by atoms with Crippen LogP contribution in [0.15, 0.2) is 36.0 Å². The van der Waals surface area contributed by atoms with Gasteiger partial charge >= 0.3 is 6.09 Å². The summed E-state index contributed by atoms with van der Waals surface area (Å²) in [7, 11) is 1.35. The van der Waals surface area contributed by atoms with E-state index in [4.69, 9.17) is 4.74 Å². The molecule has 1 unspecified atom stereocenters. The highest BCUT2D eigenvalue weighted by Gasteiger charge is 2.21. The van der Waals surface area contributed by atoms with Gasteiger partial charge in [-0.1, -0.05) is 31.2 Å². The zero-order chi connectivity index (χ0) is 19.8. The molecule has 0 aliphatic carbocycles. The number of ether oxygens (including phenoxy) is 1. The zero-order valence-electron chi connectivity index (χ0n) is 16.1. The molecule has 2 rings (SSSR count). The summed E-state index contributed by atoms with van der Waals surface area (Å²) in [6, 6.07) is 9.84. The minimum absolute atomic E-state index is 0.0542. The van der Waals surface area contributed by atoms with E-state index >= 15 is 0 Å². The lowest BCUT2D eigenvalue weighted by Crippen LogP contribution is -2.47. The molecule has 7 nitrogen and oxygen atoms in total. The van der Waals surface area contributed by atoms with Gasteiger partial charge in [-0.3, -0.25) is 4.79 Å². The van der Waals surface area contributed by atoms with Crippen LogP contribution in [0.2, 0.25) is 0 Å². The quantitative estimate of drug-likeness (QED) is 0.634. The fraction of sp³-hybridized carbons (Fsp3) is 0.450. The van der Waals surface area contributed by atoms with Crippen LogP contribution in [0, 0.1) is 11.3 Å². The second-order valence-corrected chi connectivity index (χ2v) is 6.44. The number of nitrogens with zero attached hydrogens (tertiary/aromatic N) is 3. The normalized spacial score (nSPS) is 15.7. The predicted octanol–water partition coefficient (Wildman–Crippen LogP) is 2.22. The second-order valence-electron chi connectivity index (χ2n) is 6.44. The third-order valence-corrected chi connectivity index (χ3v) is 4.66. The third kappa shape index (κ3) is 5.48. The summed E-state index contributed by atoms with van der Waals surface area (Å²) >= 11 is 0. The molecule has 1 aliphatic heterocycles. The van der Waals surface area contributed by atoms with Crippen molar-refractivity contribution >= 4 is 12.0 Å². The molecule has 27 heavy (non-hydrogen) atoms. The fourth-order valence-corrected chi connectivity index (χ4v) is 2.88. The maximum Gasteiger partial charge on any atom is 0.409 e. The molecule has 1 atom stereocenters. The average Bonchev–Trinajstić information content (AvgIpc) is 2.71. The van der Waals surface area contributed by atoms with Crippen LogP contribution in [0.1, 0.15) is 31.0 Å². The highest BCUT2D eigenvalue weighted by Crippen LogP contribution is 2.15. The van der Waals surface area contributed by atoms with Gasteiger partial charge in [0.05, 0.1) is 13.2 Å². The third-order valence-electron chi connectivity index (χ3n) is 4.66. The SMILES string of the molecule is CCc1ccc(C(C)NC(=O)/C(C#N)=C\N2CCN(C(=O)OC)CC2)cc1. The van der Waals surface area contributed by atoms with Crippen LogP contribution in [0.4, 0.5) is 4.79 Å². The molecule has 2 amide bonds. The molecule has 1 aromatic rings. The molecule has 1 aliphatic rings. The van der Waals surface area contributed by atoms with Gasteiger partial charge in [-0.2, -0.15) is 5.26 Å². The van der Waals surface area contributed by atoms with Gasteiger partial charge in [0.25, 0.3) is 5.91 Å².